The number of unbranched alkanes of at least 4 members (excludes halogenated alkanes) is 10. The summed E-state index contributed by atoms with van der Waals surface area (Å²) in [5.74, 6) is -0.418. The molecule has 0 heterocycles. The number of esters is 1. The summed E-state index contributed by atoms with van der Waals surface area (Å²) in [4.78, 5) is 22.7. The number of phosphoric ester groups is 1. The van der Waals surface area contributed by atoms with Gasteiger partial charge in [-0.05, 0) is 109 Å². The number of rotatable bonds is 46. The molecule has 0 spiro atoms. The SMILES string of the molecule is CC/C=C\C/C=C\C/C=C\C/C=C\C/C=C\C/C=C\CCCCCCC(=O)OC(COCCCCCCCC/C=C\C/C=C\C/C=C\C/C=C\C/C=C\CC)COP(=O)(O)OCC(O)CO. The van der Waals surface area contributed by atoms with Gasteiger partial charge < -0.3 is 24.6 Å². The van der Waals surface area contributed by atoms with Crippen molar-refractivity contribution in [2.75, 3.05) is 33.0 Å². The van der Waals surface area contributed by atoms with E-state index < -0.39 is 45.8 Å². The van der Waals surface area contributed by atoms with Gasteiger partial charge in [0.25, 0.3) is 0 Å². The monoisotopic (exact) mass is 939 g/mol. The molecule has 374 valence electrons. The molecule has 3 atom stereocenters. The van der Waals surface area contributed by atoms with Crippen molar-refractivity contribution in [2.24, 2.45) is 0 Å². The lowest BCUT2D eigenvalue weighted by molar-refractivity contribution is -0.154. The van der Waals surface area contributed by atoms with Gasteiger partial charge in [-0.1, -0.05) is 186 Å². The lowest BCUT2D eigenvalue weighted by Crippen LogP contribution is -2.29. The maximum absolute atomic E-state index is 12.7. The Morgan fingerprint density at radius 1 is 0.470 bits per heavy atom. The molecule has 0 fully saturated rings. The zero-order chi connectivity index (χ0) is 48.1. The van der Waals surface area contributed by atoms with E-state index in [1.54, 1.807) is 0 Å². The molecule has 0 amide bonds. The zero-order valence-corrected chi connectivity index (χ0v) is 42.0. The minimum atomic E-state index is -4.55. The highest BCUT2D eigenvalue weighted by molar-refractivity contribution is 7.47. The Hall–Kier alpha value is -3.40. The van der Waals surface area contributed by atoms with Crippen LogP contribution in [0.5, 0.6) is 0 Å². The summed E-state index contributed by atoms with van der Waals surface area (Å²) in [6.45, 7) is 3.19. The maximum Gasteiger partial charge on any atom is 0.472 e. The minimum absolute atomic E-state index is 0.0181. The second kappa shape index (κ2) is 51.0. The van der Waals surface area contributed by atoms with Gasteiger partial charge in [0.1, 0.15) is 12.2 Å². The molecular weight excluding hydrogens is 848 g/mol. The van der Waals surface area contributed by atoms with Crippen LogP contribution in [-0.2, 0) is 27.9 Å². The van der Waals surface area contributed by atoms with Gasteiger partial charge >= 0.3 is 13.8 Å². The van der Waals surface area contributed by atoms with E-state index in [0.717, 1.165) is 128 Å². The van der Waals surface area contributed by atoms with Gasteiger partial charge in [0.15, 0.2) is 0 Å². The molecule has 10 heteroatoms. The van der Waals surface area contributed by atoms with Crippen molar-refractivity contribution in [3.63, 3.8) is 0 Å². The first-order chi connectivity index (χ1) is 32.3. The summed E-state index contributed by atoms with van der Waals surface area (Å²) < 4.78 is 33.5. The average Bonchev–Trinajstić information content (AvgIpc) is 3.31. The highest BCUT2D eigenvalue weighted by Crippen LogP contribution is 2.43. The third-order valence-corrected chi connectivity index (χ3v) is 10.8. The van der Waals surface area contributed by atoms with Gasteiger partial charge in [0, 0.05) is 13.0 Å². The highest BCUT2D eigenvalue weighted by Gasteiger charge is 2.26. The molecule has 0 aliphatic carbocycles. The molecule has 0 bridgehead atoms. The largest absolute Gasteiger partial charge is 0.472 e. The molecule has 0 saturated heterocycles. The lowest BCUT2D eigenvalue weighted by atomic mass is 10.1. The van der Waals surface area contributed by atoms with Crippen molar-refractivity contribution in [1.82, 2.24) is 0 Å². The van der Waals surface area contributed by atoms with Crippen LogP contribution >= 0.6 is 7.82 Å². The van der Waals surface area contributed by atoms with Crippen molar-refractivity contribution < 1.29 is 43.0 Å². The Morgan fingerprint density at radius 2 is 0.818 bits per heavy atom. The summed E-state index contributed by atoms with van der Waals surface area (Å²) in [7, 11) is -4.55. The molecule has 0 aromatic rings. The predicted molar refractivity (Wildman–Crippen MR) is 278 cm³/mol. The first-order valence-electron chi connectivity index (χ1n) is 25.2. The first-order valence-corrected chi connectivity index (χ1v) is 26.7. The number of ether oxygens (including phenoxy) is 2. The van der Waals surface area contributed by atoms with Crippen molar-refractivity contribution in [3.8, 4) is 0 Å². The quantitative estimate of drug-likeness (QED) is 0.0236. The van der Waals surface area contributed by atoms with Gasteiger partial charge in [0.05, 0.1) is 26.4 Å². The van der Waals surface area contributed by atoms with Gasteiger partial charge in [-0.15, -0.1) is 0 Å². The van der Waals surface area contributed by atoms with Crippen LogP contribution in [0.1, 0.15) is 168 Å². The number of aliphatic hydroxyl groups is 2. The van der Waals surface area contributed by atoms with E-state index in [-0.39, 0.29) is 13.0 Å². The van der Waals surface area contributed by atoms with Crippen LogP contribution in [0.4, 0.5) is 0 Å². The summed E-state index contributed by atoms with van der Waals surface area (Å²) in [5.41, 5.74) is 0. The van der Waals surface area contributed by atoms with Crippen molar-refractivity contribution in [3.05, 3.63) is 134 Å². The van der Waals surface area contributed by atoms with Crippen molar-refractivity contribution in [1.29, 1.82) is 0 Å². The standard InChI is InChI=1S/C56H91O9P/c1-3-5-7-9-11-13-15-17-19-21-23-25-27-28-30-32-34-36-38-40-42-44-46-48-56(59)65-55(53-64-66(60,61)63-51-54(58)50-57)52-62-49-47-45-43-41-39-37-35-33-31-29-26-24-22-20-18-16-14-12-10-8-6-4-2/h5-8,11-14,17-20,23-26,28,30-31,33-34,36,54-55,57-58H,3-4,9-10,15-16,21-22,27,29,32,35,37-53H2,1-2H3,(H,60,61)/b7-5-,8-6-,13-11-,14-12-,19-17-,20-18-,25-23-,26-24-,30-28-,33-31-,36-34-. The average molecular weight is 939 g/mol. The molecule has 0 radical (unpaired) electrons. The summed E-state index contributed by atoms with van der Waals surface area (Å²) in [5, 5.41) is 18.4. The molecular formula is C56H91O9P. The normalized spacial score (nSPS) is 14.9. The second-order valence-electron chi connectivity index (χ2n) is 16.1. The Kier molecular flexibility index (Phi) is 48.4. The topological polar surface area (TPSA) is 132 Å². The fourth-order valence-electron chi connectivity index (χ4n) is 6.09. The third kappa shape index (κ3) is 50.0. The third-order valence-electron chi connectivity index (χ3n) is 9.83. The molecule has 0 rings (SSSR count). The van der Waals surface area contributed by atoms with Crippen LogP contribution in [0.15, 0.2) is 134 Å². The highest BCUT2D eigenvalue weighted by atomic mass is 31.2. The Morgan fingerprint density at radius 3 is 1.23 bits per heavy atom. The van der Waals surface area contributed by atoms with E-state index in [1.807, 2.05) is 0 Å². The fourth-order valence-corrected chi connectivity index (χ4v) is 6.88. The van der Waals surface area contributed by atoms with Crippen molar-refractivity contribution >= 4 is 13.8 Å². The van der Waals surface area contributed by atoms with Crippen LogP contribution in [-0.4, -0.2) is 66.3 Å². The number of hydrogen-bond donors (Lipinski definition) is 3. The van der Waals surface area contributed by atoms with Crippen LogP contribution in [0.3, 0.4) is 0 Å². The lowest BCUT2D eigenvalue weighted by Gasteiger charge is -2.20. The fraction of sp³-hybridized carbons (Fsp3) is 0.589. The van der Waals surface area contributed by atoms with Crippen LogP contribution in [0.2, 0.25) is 0 Å². The molecule has 0 saturated carbocycles. The molecule has 66 heavy (non-hydrogen) atoms. The predicted octanol–water partition coefficient (Wildman–Crippen LogP) is 14.9. The maximum atomic E-state index is 12.7. The minimum Gasteiger partial charge on any atom is -0.457 e. The molecule has 3 unspecified atom stereocenters. The van der Waals surface area contributed by atoms with Gasteiger partial charge in [-0.2, -0.15) is 0 Å². The smallest absolute Gasteiger partial charge is 0.457 e. The van der Waals surface area contributed by atoms with Gasteiger partial charge in [-0.3, -0.25) is 13.8 Å². The summed E-state index contributed by atoms with van der Waals surface area (Å²) in [6.07, 6.45) is 69.8. The molecule has 0 aromatic heterocycles. The molecule has 3 N–H and O–H groups in total. The second-order valence-corrected chi connectivity index (χ2v) is 17.5. The van der Waals surface area contributed by atoms with Crippen LogP contribution < -0.4 is 0 Å². The first kappa shape index (κ1) is 62.6. The van der Waals surface area contributed by atoms with E-state index in [1.165, 1.54) is 12.8 Å². The van der Waals surface area contributed by atoms with E-state index >= 15 is 0 Å². The van der Waals surface area contributed by atoms with E-state index in [2.05, 4.69) is 148 Å². The number of aliphatic hydroxyl groups excluding tert-OH is 2. The Labute approximate surface area is 402 Å². The van der Waals surface area contributed by atoms with Crippen LogP contribution in [0, 0.1) is 0 Å². The molecule has 9 nitrogen and oxygen atoms in total. The number of phosphoric acid groups is 1. The van der Waals surface area contributed by atoms with E-state index in [4.69, 9.17) is 23.6 Å². The number of hydrogen-bond acceptors (Lipinski definition) is 8. The van der Waals surface area contributed by atoms with E-state index in [9.17, 15) is 19.4 Å². The van der Waals surface area contributed by atoms with Crippen LogP contribution in [0.25, 0.3) is 0 Å². The van der Waals surface area contributed by atoms with E-state index in [0.29, 0.717) is 13.0 Å². The zero-order valence-electron chi connectivity index (χ0n) is 41.1. The Balaban J connectivity index is 4.24. The summed E-state index contributed by atoms with van der Waals surface area (Å²) >= 11 is 0. The number of carbonyl (C=O) groups is 1. The number of carbonyl (C=O) groups excluding carboxylic acids is 1. The molecule has 0 aromatic carbocycles. The Bertz CT molecular complexity index is 1480. The number of allylic oxidation sites excluding steroid dienone is 22. The van der Waals surface area contributed by atoms with Gasteiger partial charge in [0.2, 0.25) is 0 Å². The molecule has 0 aliphatic heterocycles. The molecule has 0 aliphatic rings. The summed E-state index contributed by atoms with van der Waals surface area (Å²) in [6, 6.07) is 0. The van der Waals surface area contributed by atoms with Gasteiger partial charge in [-0.25, -0.2) is 4.57 Å². The van der Waals surface area contributed by atoms with Crippen molar-refractivity contribution in [2.45, 2.75) is 180 Å².